The third-order valence-corrected chi connectivity index (χ3v) is 4.80. The van der Waals surface area contributed by atoms with E-state index in [0.29, 0.717) is 18.4 Å². The summed E-state index contributed by atoms with van der Waals surface area (Å²) in [5.41, 5.74) is 3.33. The molecule has 0 aliphatic carbocycles. The Kier molecular flexibility index (Phi) is 3.53. The van der Waals surface area contributed by atoms with E-state index in [9.17, 15) is 4.79 Å². The number of fused-ring (bicyclic) bond motifs is 1. The zero-order valence-corrected chi connectivity index (χ0v) is 13.1. The second-order valence-electron chi connectivity index (χ2n) is 6.33. The van der Waals surface area contributed by atoms with Gasteiger partial charge in [0.2, 0.25) is 5.91 Å². The molecule has 0 unspecified atom stereocenters. The van der Waals surface area contributed by atoms with Gasteiger partial charge in [-0.05, 0) is 24.3 Å². The Bertz CT molecular complexity index is 694. The molecule has 1 aromatic heterocycles. The largest absolute Gasteiger partial charge is 0.497 e. The van der Waals surface area contributed by atoms with Gasteiger partial charge in [-0.15, -0.1) is 0 Å². The van der Waals surface area contributed by atoms with Gasteiger partial charge in [-0.2, -0.15) is 5.10 Å². The highest BCUT2D eigenvalue weighted by Crippen LogP contribution is 2.29. The van der Waals surface area contributed by atoms with Gasteiger partial charge in [0, 0.05) is 49.1 Å². The number of amides is 1. The first-order valence-corrected chi connectivity index (χ1v) is 7.91. The van der Waals surface area contributed by atoms with E-state index >= 15 is 0 Å². The average molecular weight is 312 g/mol. The fourth-order valence-electron chi connectivity index (χ4n) is 3.64. The number of hydrogen-bond acceptors (Lipinski definition) is 4. The highest BCUT2D eigenvalue weighted by Gasteiger charge is 2.39. The topological polar surface area (TPSA) is 70.2 Å². The number of carbonyl (C=O) groups is 1. The van der Waals surface area contributed by atoms with Crippen molar-refractivity contribution in [3.63, 3.8) is 0 Å². The summed E-state index contributed by atoms with van der Waals surface area (Å²) in [4.78, 5) is 13.8. The van der Waals surface area contributed by atoms with Crippen molar-refractivity contribution in [1.82, 2.24) is 20.4 Å². The smallest absolute Gasteiger partial charge is 0.220 e. The van der Waals surface area contributed by atoms with Gasteiger partial charge in [0.05, 0.1) is 19.0 Å². The number of rotatable bonds is 4. The van der Waals surface area contributed by atoms with Crippen molar-refractivity contribution in [1.29, 1.82) is 0 Å². The molecule has 0 saturated carbocycles. The molecule has 2 saturated heterocycles. The number of benzene rings is 1. The molecular weight excluding hydrogens is 292 g/mol. The van der Waals surface area contributed by atoms with Crippen molar-refractivity contribution in [3.8, 4) is 17.0 Å². The van der Waals surface area contributed by atoms with Crippen molar-refractivity contribution >= 4 is 5.91 Å². The van der Waals surface area contributed by atoms with Crippen LogP contribution in [-0.2, 0) is 11.3 Å². The molecule has 0 bridgehead atoms. The third kappa shape index (κ3) is 2.70. The van der Waals surface area contributed by atoms with E-state index in [1.165, 1.54) is 5.56 Å². The number of H-pyrrole nitrogens is 1. The molecule has 0 radical (unpaired) electrons. The molecule has 2 N–H and O–H groups in total. The number of ether oxygens (including phenoxy) is 1. The number of nitrogens with one attached hydrogen (secondary N) is 2. The van der Waals surface area contributed by atoms with E-state index < -0.39 is 0 Å². The van der Waals surface area contributed by atoms with E-state index in [1.807, 2.05) is 30.5 Å². The first kappa shape index (κ1) is 14.3. The quantitative estimate of drug-likeness (QED) is 0.895. The highest BCUT2D eigenvalue weighted by molar-refractivity contribution is 5.79. The van der Waals surface area contributed by atoms with E-state index in [2.05, 4.69) is 20.4 Å². The molecular formula is C17H20N4O2. The number of nitrogens with zero attached hydrogens (tertiary/aromatic N) is 2. The van der Waals surface area contributed by atoms with Crippen molar-refractivity contribution in [2.75, 3.05) is 20.2 Å². The molecule has 6 heteroatoms. The average Bonchev–Trinajstić information content (AvgIpc) is 3.22. The minimum absolute atomic E-state index is 0.196. The van der Waals surface area contributed by atoms with Gasteiger partial charge >= 0.3 is 0 Å². The first-order valence-electron chi connectivity index (χ1n) is 7.91. The van der Waals surface area contributed by atoms with Crippen LogP contribution in [0.1, 0.15) is 12.0 Å². The second-order valence-corrected chi connectivity index (χ2v) is 6.33. The summed E-state index contributed by atoms with van der Waals surface area (Å²) in [7, 11) is 1.67. The van der Waals surface area contributed by atoms with Gasteiger partial charge in [-0.25, -0.2) is 0 Å². The summed E-state index contributed by atoms with van der Waals surface area (Å²) in [6.07, 6.45) is 2.56. The van der Waals surface area contributed by atoms with Crippen LogP contribution in [0.4, 0.5) is 0 Å². The van der Waals surface area contributed by atoms with Gasteiger partial charge in [-0.3, -0.25) is 14.8 Å². The number of methoxy groups -OCH3 is 1. The van der Waals surface area contributed by atoms with Crippen LogP contribution in [0.15, 0.2) is 30.5 Å². The van der Waals surface area contributed by atoms with Crippen LogP contribution >= 0.6 is 0 Å². The summed E-state index contributed by atoms with van der Waals surface area (Å²) < 4.78 is 5.21. The standard InChI is InChI=1S/C17H20N4O2/c1-23-14-4-2-11(3-5-14)17-13(7-18-20-17)9-21-8-12-6-16(22)19-15(12)10-21/h2-5,7,12,15H,6,8-10H2,1H3,(H,18,20)(H,19,22)/t12-,15+/m0/s1. The van der Waals surface area contributed by atoms with Gasteiger partial charge in [-0.1, -0.05) is 0 Å². The Morgan fingerprint density at radius 1 is 1.30 bits per heavy atom. The highest BCUT2D eigenvalue weighted by atomic mass is 16.5. The number of aromatic nitrogens is 2. The van der Waals surface area contributed by atoms with E-state index in [1.54, 1.807) is 7.11 Å². The minimum atomic E-state index is 0.196. The van der Waals surface area contributed by atoms with Crippen LogP contribution in [-0.4, -0.2) is 47.2 Å². The molecule has 2 atom stereocenters. The lowest BCUT2D eigenvalue weighted by Gasteiger charge is -2.16. The Hall–Kier alpha value is -2.34. The number of aromatic amines is 1. The van der Waals surface area contributed by atoms with E-state index in [0.717, 1.165) is 36.6 Å². The van der Waals surface area contributed by atoms with Crippen LogP contribution in [0.2, 0.25) is 0 Å². The molecule has 2 aliphatic rings. The Morgan fingerprint density at radius 2 is 2.13 bits per heavy atom. The normalized spacial score (nSPS) is 23.8. The molecule has 3 heterocycles. The number of likely N-dealkylation sites (tertiary alicyclic amines) is 1. The Labute approximate surface area is 134 Å². The summed E-state index contributed by atoms with van der Waals surface area (Å²) in [6.45, 7) is 2.74. The van der Waals surface area contributed by atoms with Gasteiger partial charge in [0.15, 0.2) is 0 Å². The molecule has 1 aromatic carbocycles. The lowest BCUT2D eigenvalue weighted by Crippen LogP contribution is -2.32. The maximum absolute atomic E-state index is 11.4. The molecule has 2 aliphatic heterocycles. The Morgan fingerprint density at radius 3 is 2.87 bits per heavy atom. The van der Waals surface area contributed by atoms with Crippen LogP contribution in [0.3, 0.4) is 0 Å². The molecule has 6 nitrogen and oxygen atoms in total. The van der Waals surface area contributed by atoms with Crippen LogP contribution in [0.25, 0.3) is 11.3 Å². The monoisotopic (exact) mass is 312 g/mol. The number of hydrogen-bond donors (Lipinski definition) is 2. The zero-order valence-electron chi connectivity index (χ0n) is 13.1. The van der Waals surface area contributed by atoms with Gasteiger partial charge in [0.1, 0.15) is 5.75 Å². The molecule has 4 rings (SSSR count). The summed E-state index contributed by atoms with van der Waals surface area (Å²) in [5.74, 6) is 1.50. The predicted molar refractivity (Wildman–Crippen MR) is 85.9 cm³/mol. The SMILES string of the molecule is COc1ccc(-c2[nH]ncc2CN2C[C@@H]3CC(=O)N[C@@H]3C2)cc1. The molecule has 120 valence electrons. The fraction of sp³-hybridized carbons (Fsp3) is 0.412. The minimum Gasteiger partial charge on any atom is -0.497 e. The molecule has 23 heavy (non-hydrogen) atoms. The van der Waals surface area contributed by atoms with Crippen molar-refractivity contribution in [2.24, 2.45) is 5.92 Å². The maximum Gasteiger partial charge on any atom is 0.220 e. The van der Waals surface area contributed by atoms with Gasteiger partial charge in [0.25, 0.3) is 0 Å². The summed E-state index contributed by atoms with van der Waals surface area (Å²) >= 11 is 0. The van der Waals surface area contributed by atoms with E-state index in [4.69, 9.17) is 4.74 Å². The maximum atomic E-state index is 11.4. The summed E-state index contributed by atoms with van der Waals surface area (Å²) in [5, 5.41) is 10.4. The van der Waals surface area contributed by atoms with Crippen molar-refractivity contribution < 1.29 is 9.53 Å². The van der Waals surface area contributed by atoms with Gasteiger partial charge < -0.3 is 10.1 Å². The second kappa shape index (κ2) is 5.70. The van der Waals surface area contributed by atoms with Crippen molar-refractivity contribution in [3.05, 3.63) is 36.0 Å². The van der Waals surface area contributed by atoms with E-state index in [-0.39, 0.29) is 5.91 Å². The van der Waals surface area contributed by atoms with Crippen LogP contribution in [0, 0.1) is 5.92 Å². The third-order valence-electron chi connectivity index (χ3n) is 4.80. The zero-order chi connectivity index (χ0) is 15.8. The molecule has 2 fully saturated rings. The lowest BCUT2D eigenvalue weighted by atomic mass is 10.1. The Balaban J connectivity index is 1.48. The fourth-order valence-corrected chi connectivity index (χ4v) is 3.64. The number of carbonyl (C=O) groups excluding carboxylic acids is 1. The van der Waals surface area contributed by atoms with Crippen molar-refractivity contribution in [2.45, 2.75) is 19.0 Å². The van der Waals surface area contributed by atoms with Crippen LogP contribution in [0.5, 0.6) is 5.75 Å². The first-order chi connectivity index (χ1) is 11.2. The predicted octanol–water partition coefficient (Wildman–Crippen LogP) is 1.41. The molecule has 1 amide bonds. The molecule has 0 spiro atoms. The lowest BCUT2D eigenvalue weighted by molar-refractivity contribution is -0.119. The summed E-state index contributed by atoms with van der Waals surface area (Å²) in [6, 6.07) is 8.30. The van der Waals surface area contributed by atoms with Crippen LogP contribution < -0.4 is 10.1 Å². The molecule has 2 aromatic rings.